The molecule has 106 valence electrons. The lowest BCUT2D eigenvalue weighted by Crippen LogP contribution is -2.10. The van der Waals surface area contributed by atoms with E-state index in [1.165, 1.54) is 11.6 Å². The van der Waals surface area contributed by atoms with Gasteiger partial charge in [-0.25, -0.2) is 4.39 Å². The number of hydrogen-bond acceptors (Lipinski definition) is 0. The maximum absolute atomic E-state index is 13.4. The van der Waals surface area contributed by atoms with Crippen molar-refractivity contribution >= 4 is 43.5 Å². The van der Waals surface area contributed by atoms with Crippen LogP contribution in [0.15, 0.2) is 51.4 Å². The van der Waals surface area contributed by atoms with Crippen LogP contribution in [-0.2, 0) is 12.8 Å². The van der Waals surface area contributed by atoms with Gasteiger partial charge < -0.3 is 0 Å². The molecule has 0 aliphatic carbocycles. The molecule has 0 saturated heterocycles. The van der Waals surface area contributed by atoms with Gasteiger partial charge >= 0.3 is 0 Å². The van der Waals surface area contributed by atoms with Gasteiger partial charge in [-0.05, 0) is 54.2 Å². The molecule has 0 N–H and O–H groups in total. The van der Waals surface area contributed by atoms with Crippen molar-refractivity contribution < 1.29 is 4.39 Å². The third-order valence-electron chi connectivity index (χ3n) is 3.13. The minimum absolute atomic E-state index is 0.219. The normalized spacial score (nSPS) is 12.4. The third-order valence-corrected chi connectivity index (χ3v) is 4.80. The summed E-state index contributed by atoms with van der Waals surface area (Å²) in [6.45, 7) is 0. The Morgan fingerprint density at radius 2 is 1.80 bits per heavy atom. The molecule has 4 heteroatoms. The lowest BCUT2D eigenvalue weighted by molar-refractivity contribution is 0.575. The molecule has 2 aromatic rings. The van der Waals surface area contributed by atoms with E-state index in [1.807, 2.05) is 24.3 Å². The Kier molecular flexibility index (Phi) is 6.06. The molecule has 2 rings (SSSR count). The number of hydrogen-bond donors (Lipinski definition) is 0. The van der Waals surface area contributed by atoms with Crippen molar-refractivity contribution in [2.24, 2.45) is 5.92 Å². The summed E-state index contributed by atoms with van der Waals surface area (Å²) in [7, 11) is 0. The number of alkyl halides is 1. The zero-order valence-electron chi connectivity index (χ0n) is 10.8. The van der Waals surface area contributed by atoms with Crippen LogP contribution in [0.5, 0.6) is 0 Å². The highest BCUT2D eigenvalue weighted by molar-refractivity contribution is 9.10. The van der Waals surface area contributed by atoms with Gasteiger partial charge in [0.25, 0.3) is 0 Å². The number of rotatable bonds is 5. The average molecular weight is 421 g/mol. The molecule has 0 bridgehead atoms. The molecule has 0 aliphatic rings. The van der Waals surface area contributed by atoms with Crippen LogP contribution in [0, 0.1) is 11.7 Å². The first kappa shape index (κ1) is 16.0. The van der Waals surface area contributed by atoms with E-state index in [-0.39, 0.29) is 11.7 Å². The van der Waals surface area contributed by atoms with Crippen LogP contribution in [-0.4, -0.2) is 5.88 Å². The Morgan fingerprint density at radius 3 is 2.45 bits per heavy atom. The van der Waals surface area contributed by atoms with E-state index in [2.05, 4.69) is 37.9 Å². The second kappa shape index (κ2) is 7.58. The molecule has 0 amide bonds. The molecule has 0 heterocycles. The van der Waals surface area contributed by atoms with Crippen LogP contribution in [0.1, 0.15) is 11.1 Å². The summed E-state index contributed by atoms with van der Waals surface area (Å²) < 4.78 is 15.3. The van der Waals surface area contributed by atoms with E-state index >= 15 is 0 Å². The molecule has 20 heavy (non-hydrogen) atoms. The molecule has 0 fully saturated rings. The Bertz CT molecular complexity index is 566. The van der Waals surface area contributed by atoms with Gasteiger partial charge in [-0.2, -0.15) is 0 Å². The monoisotopic (exact) mass is 418 g/mol. The van der Waals surface area contributed by atoms with Crippen LogP contribution < -0.4 is 0 Å². The van der Waals surface area contributed by atoms with E-state index in [9.17, 15) is 4.39 Å². The minimum Gasteiger partial charge on any atom is -0.207 e. The molecule has 2 aromatic carbocycles. The van der Waals surface area contributed by atoms with Crippen LogP contribution in [0.2, 0.25) is 0 Å². The van der Waals surface area contributed by atoms with Crippen molar-refractivity contribution in [1.29, 1.82) is 0 Å². The fourth-order valence-electron chi connectivity index (χ4n) is 2.22. The number of benzene rings is 2. The molecular formula is C16H14Br2ClF. The lowest BCUT2D eigenvalue weighted by Gasteiger charge is -2.15. The maximum Gasteiger partial charge on any atom is 0.124 e. The van der Waals surface area contributed by atoms with Crippen LogP contribution in [0.3, 0.4) is 0 Å². The van der Waals surface area contributed by atoms with Gasteiger partial charge in [-0.3, -0.25) is 0 Å². The Labute approximate surface area is 140 Å². The van der Waals surface area contributed by atoms with Gasteiger partial charge in [-0.15, -0.1) is 11.6 Å². The molecule has 0 radical (unpaired) electrons. The fourth-order valence-corrected chi connectivity index (χ4v) is 3.40. The lowest BCUT2D eigenvalue weighted by atomic mass is 9.94. The Morgan fingerprint density at radius 1 is 1.05 bits per heavy atom. The number of halogens is 4. The van der Waals surface area contributed by atoms with Crippen LogP contribution >= 0.6 is 43.5 Å². The topological polar surface area (TPSA) is 0 Å². The quantitative estimate of drug-likeness (QED) is 0.521. The van der Waals surface area contributed by atoms with Crippen molar-refractivity contribution in [3.63, 3.8) is 0 Å². The third kappa shape index (κ3) is 4.57. The minimum atomic E-state index is -0.219. The molecular weight excluding hydrogens is 406 g/mol. The average Bonchev–Trinajstić information content (AvgIpc) is 2.39. The van der Waals surface area contributed by atoms with Crippen molar-refractivity contribution in [3.05, 3.63) is 68.4 Å². The molecule has 1 atom stereocenters. The highest BCUT2D eigenvalue weighted by Gasteiger charge is 2.12. The summed E-state index contributed by atoms with van der Waals surface area (Å²) in [5.41, 5.74) is 2.20. The zero-order chi connectivity index (χ0) is 14.5. The highest BCUT2D eigenvalue weighted by Crippen LogP contribution is 2.24. The van der Waals surface area contributed by atoms with Gasteiger partial charge in [0, 0.05) is 14.8 Å². The first-order valence-corrected chi connectivity index (χ1v) is 8.45. The second-order valence-corrected chi connectivity index (χ2v) is 6.88. The Balaban J connectivity index is 2.11. The SMILES string of the molecule is Fc1cc(Br)cc(CC(CCl)Cc2ccccc2Br)c1. The summed E-state index contributed by atoms with van der Waals surface area (Å²) >= 11 is 13.0. The van der Waals surface area contributed by atoms with Gasteiger partial charge in [0.2, 0.25) is 0 Å². The van der Waals surface area contributed by atoms with Gasteiger partial charge in [0.05, 0.1) is 0 Å². The largest absolute Gasteiger partial charge is 0.207 e. The van der Waals surface area contributed by atoms with Gasteiger partial charge in [-0.1, -0.05) is 50.1 Å². The van der Waals surface area contributed by atoms with Crippen molar-refractivity contribution in [1.82, 2.24) is 0 Å². The standard InChI is InChI=1S/C16H14Br2ClF/c17-14-7-11(8-15(20)9-14)5-12(10-19)6-13-3-1-2-4-16(13)18/h1-4,7-9,12H,5-6,10H2. The van der Waals surface area contributed by atoms with Crippen molar-refractivity contribution in [2.45, 2.75) is 12.8 Å². The van der Waals surface area contributed by atoms with Crippen LogP contribution in [0.25, 0.3) is 0 Å². The summed E-state index contributed by atoms with van der Waals surface area (Å²) in [4.78, 5) is 0. The zero-order valence-corrected chi connectivity index (χ0v) is 14.7. The van der Waals surface area contributed by atoms with Crippen molar-refractivity contribution in [2.75, 3.05) is 5.88 Å². The molecule has 1 unspecified atom stereocenters. The van der Waals surface area contributed by atoms with E-state index in [0.717, 1.165) is 27.4 Å². The van der Waals surface area contributed by atoms with Gasteiger partial charge in [0.15, 0.2) is 0 Å². The molecule has 0 aliphatic heterocycles. The molecule has 0 nitrogen and oxygen atoms in total. The summed E-state index contributed by atoms with van der Waals surface area (Å²) in [6.07, 6.45) is 1.64. The van der Waals surface area contributed by atoms with Gasteiger partial charge in [0.1, 0.15) is 5.82 Å². The smallest absolute Gasteiger partial charge is 0.124 e. The summed E-state index contributed by atoms with van der Waals surface area (Å²) in [6, 6.07) is 13.1. The predicted octanol–water partition coefficient (Wildman–Crippen LogP) is 5.99. The van der Waals surface area contributed by atoms with E-state index in [0.29, 0.717) is 5.88 Å². The fraction of sp³-hybridized carbons (Fsp3) is 0.250. The second-order valence-electron chi connectivity index (χ2n) is 4.80. The summed E-state index contributed by atoms with van der Waals surface area (Å²) in [5.74, 6) is 0.614. The molecule has 0 aromatic heterocycles. The predicted molar refractivity (Wildman–Crippen MR) is 89.9 cm³/mol. The Hall–Kier alpha value is -0.380. The van der Waals surface area contributed by atoms with Crippen LogP contribution in [0.4, 0.5) is 4.39 Å². The van der Waals surface area contributed by atoms with Crippen molar-refractivity contribution in [3.8, 4) is 0 Å². The summed E-state index contributed by atoms with van der Waals surface area (Å²) in [5, 5.41) is 0. The first-order valence-electron chi connectivity index (χ1n) is 6.33. The van der Waals surface area contributed by atoms with E-state index in [1.54, 1.807) is 6.07 Å². The first-order chi connectivity index (χ1) is 9.58. The van der Waals surface area contributed by atoms with E-state index in [4.69, 9.17) is 11.6 Å². The maximum atomic E-state index is 13.4. The molecule has 0 saturated carbocycles. The van der Waals surface area contributed by atoms with E-state index < -0.39 is 0 Å². The highest BCUT2D eigenvalue weighted by atomic mass is 79.9. The molecule has 0 spiro atoms.